The normalized spacial score (nSPS) is 10.5. The van der Waals surface area contributed by atoms with Crippen LogP contribution in [-0.2, 0) is 13.1 Å². The molecule has 6 heteroatoms. The second-order valence-electron chi connectivity index (χ2n) is 4.95. The number of nitrogens with one attached hydrogen (secondary N) is 1. The molecule has 1 heterocycles. The van der Waals surface area contributed by atoms with Gasteiger partial charge in [0.15, 0.2) is 0 Å². The molecule has 0 aliphatic rings. The van der Waals surface area contributed by atoms with Crippen molar-refractivity contribution in [3.05, 3.63) is 46.7 Å². The first-order valence-corrected chi connectivity index (χ1v) is 7.15. The third kappa shape index (κ3) is 3.76. The van der Waals surface area contributed by atoms with Crippen molar-refractivity contribution in [1.82, 2.24) is 14.7 Å². The Bertz CT molecular complexity index is 636. The highest BCUT2D eigenvalue weighted by Gasteiger charge is 2.10. The van der Waals surface area contributed by atoms with E-state index in [9.17, 15) is 4.79 Å². The molecular weight excluding hydrogens is 288 g/mol. The van der Waals surface area contributed by atoms with E-state index in [1.54, 1.807) is 32.3 Å². The third-order valence-electron chi connectivity index (χ3n) is 3.11. The number of aromatic nitrogens is 2. The van der Waals surface area contributed by atoms with E-state index in [0.29, 0.717) is 17.1 Å². The summed E-state index contributed by atoms with van der Waals surface area (Å²) in [5, 5.41) is 8.06. The number of hydrogen-bond donors (Lipinski definition) is 1. The minimum Gasteiger partial charge on any atom is -0.380 e. The molecule has 0 aliphatic heterocycles. The number of aryl methyl sites for hydroxylation is 1. The number of amides is 1. The van der Waals surface area contributed by atoms with Crippen molar-refractivity contribution < 1.29 is 4.79 Å². The van der Waals surface area contributed by atoms with Crippen molar-refractivity contribution >= 4 is 23.2 Å². The van der Waals surface area contributed by atoms with Crippen LogP contribution in [0.15, 0.2) is 30.6 Å². The monoisotopic (exact) mass is 306 g/mol. The Morgan fingerprint density at radius 3 is 2.81 bits per heavy atom. The van der Waals surface area contributed by atoms with E-state index < -0.39 is 0 Å². The molecule has 0 radical (unpaired) electrons. The summed E-state index contributed by atoms with van der Waals surface area (Å²) in [6.07, 6.45) is 3.80. The Kier molecular flexibility index (Phi) is 4.85. The lowest BCUT2D eigenvalue weighted by Gasteiger charge is -2.13. The highest BCUT2D eigenvalue weighted by atomic mass is 35.5. The number of benzene rings is 1. The fraction of sp³-hybridized carbons (Fsp3) is 0.333. The zero-order valence-corrected chi connectivity index (χ0v) is 13.2. The zero-order chi connectivity index (χ0) is 15.4. The van der Waals surface area contributed by atoms with Gasteiger partial charge in [-0.2, -0.15) is 5.10 Å². The summed E-state index contributed by atoms with van der Waals surface area (Å²) >= 11 is 6.17. The summed E-state index contributed by atoms with van der Waals surface area (Å²) in [6.45, 7) is 3.49. The number of hydrogen-bond acceptors (Lipinski definition) is 3. The molecule has 112 valence electrons. The Labute approximate surface area is 129 Å². The first-order chi connectivity index (χ1) is 10.0. The average Bonchev–Trinajstić information content (AvgIpc) is 2.93. The van der Waals surface area contributed by atoms with E-state index in [-0.39, 0.29) is 5.91 Å². The van der Waals surface area contributed by atoms with Gasteiger partial charge in [0.2, 0.25) is 0 Å². The van der Waals surface area contributed by atoms with Gasteiger partial charge in [0.25, 0.3) is 5.91 Å². The summed E-state index contributed by atoms with van der Waals surface area (Å²) in [7, 11) is 3.45. The quantitative estimate of drug-likeness (QED) is 0.924. The number of rotatable bonds is 5. The molecular formula is C15H19ClN4O. The van der Waals surface area contributed by atoms with Gasteiger partial charge in [-0.25, -0.2) is 0 Å². The molecule has 1 N–H and O–H groups in total. The maximum Gasteiger partial charge on any atom is 0.253 e. The van der Waals surface area contributed by atoms with Crippen molar-refractivity contribution in [3.8, 4) is 0 Å². The van der Waals surface area contributed by atoms with E-state index in [1.807, 2.05) is 24.0 Å². The molecule has 2 rings (SSSR count). The van der Waals surface area contributed by atoms with Crippen molar-refractivity contribution in [3.63, 3.8) is 0 Å². The van der Waals surface area contributed by atoms with E-state index in [2.05, 4.69) is 10.4 Å². The summed E-state index contributed by atoms with van der Waals surface area (Å²) < 4.78 is 1.87. The van der Waals surface area contributed by atoms with Crippen molar-refractivity contribution in [2.24, 2.45) is 0 Å². The van der Waals surface area contributed by atoms with Crippen LogP contribution in [-0.4, -0.2) is 34.7 Å². The highest BCUT2D eigenvalue weighted by Crippen LogP contribution is 2.24. The number of halogens is 1. The first kappa shape index (κ1) is 15.4. The van der Waals surface area contributed by atoms with E-state index in [1.165, 1.54) is 4.90 Å². The van der Waals surface area contributed by atoms with Crippen LogP contribution in [0.2, 0.25) is 5.02 Å². The number of nitrogens with zero attached hydrogens (tertiary/aromatic N) is 3. The molecule has 1 amide bonds. The third-order valence-corrected chi connectivity index (χ3v) is 3.44. The standard InChI is InChI=1S/C15H19ClN4O/c1-4-20-10-11(9-18-20)8-17-14-7-12(5-6-13(14)16)15(21)19(2)3/h5-7,9-10,17H,4,8H2,1-3H3. The summed E-state index contributed by atoms with van der Waals surface area (Å²) in [6, 6.07) is 5.23. The Balaban J connectivity index is 2.11. The molecule has 0 saturated carbocycles. The SMILES string of the molecule is CCn1cc(CNc2cc(C(=O)N(C)C)ccc2Cl)cn1. The molecule has 1 aromatic heterocycles. The second-order valence-corrected chi connectivity index (χ2v) is 5.36. The molecule has 0 fully saturated rings. The van der Waals surface area contributed by atoms with Gasteiger partial charge in [0.1, 0.15) is 0 Å². The van der Waals surface area contributed by atoms with Gasteiger partial charge in [0.05, 0.1) is 16.9 Å². The van der Waals surface area contributed by atoms with Gasteiger partial charge < -0.3 is 10.2 Å². The van der Waals surface area contributed by atoms with Crippen LogP contribution >= 0.6 is 11.6 Å². The number of carbonyl (C=O) groups excluding carboxylic acids is 1. The van der Waals surface area contributed by atoms with E-state index in [0.717, 1.165) is 17.8 Å². The zero-order valence-electron chi connectivity index (χ0n) is 12.4. The van der Waals surface area contributed by atoms with Gasteiger partial charge >= 0.3 is 0 Å². The lowest BCUT2D eigenvalue weighted by atomic mass is 10.1. The number of anilines is 1. The lowest BCUT2D eigenvalue weighted by Crippen LogP contribution is -2.21. The largest absolute Gasteiger partial charge is 0.380 e. The molecule has 5 nitrogen and oxygen atoms in total. The van der Waals surface area contributed by atoms with Crippen LogP contribution in [0.4, 0.5) is 5.69 Å². The van der Waals surface area contributed by atoms with Crippen molar-refractivity contribution in [1.29, 1.82) is 0 Å². The highest BCUT2D eigenvalue weighted by molar-refractivity contribution is 6.33. The first-order valence-electron chi connectivity index (χ1n) is 6.77. The molecule has 0 saturated heterocycles. The van der Waals surface area contributed by atoms with Crippen LogP contribution < -0.4 is 5.32 Å². The van der Waals surface area contributed by atoms with Crippen LogP contribution in [0, 0.1) is 0 Å². The van der Waals surface area contributed by atoms with Gasteiger partial charge in [0, 0.05) is 44.5 Å². The molecule has 1 aromatic carbocycles. The van der Waals surface area contributed by atoms with E-state index >= 15 is 0 Å². The predicted octanol–water partition coefficient (Wildman–Crippen LogP) is 2.87. The Morgan fingerprint density at radius 1 is 1.43 bits per heavy atom. The second kappa shape index (κ2) is 6.63. The molecule has 2 aromatic rings. The lowest BCUT2D eigenvalue weighted by molar-refractivity contribution is 0.0827. The van der Waals surface area contributed by atoms with Crippen molar-refractivity contribution in [2.75, 3.05) is 19.4 Å². The Morgan fingerprint density at radius 2 is 2.19 bits per heavy atom. The predicted molar refractivity (Wildman–Crippen MR) is 84.7 cm³/mol. The van der Waals surface area contributed by atoms with Gasteiger partial charge in [-0.3, -0.25) is 9.48 Å². The Hall–Kier alpha value is -2.01. The maximum atomic E-state index is 12.0. The average molecular weight is 307 g/mol. The molecule has 0 unspecified atom stereocenters. The summed E-state index contributed by atoms with van der Waals surface area (Å²) in [4.78, 5) is 13.5. The fourth-order valence-electron chi connectivity index (χ4n) is 1.92. The molecule has 0 atom stereocenters. The van der Waals surface area contributed by atoms with Gasteiger partial charge in [-0.15, -0.1) is 0 Å². The molecule has 0 bridgehead atoms. The minimum atomic E-state index is -0.0477. The topological polar surface area (TPSA) is 50.2 Å². The summed E-state index contributed by atoms with van der Waals surface area (Å²) in [5.41, 5.74) is 2.42. The van der Waals surface area contributed by atoms with Gasteiger partial charge in [-0.1, -0.05) is 11.6 Å². The maximum absolute atomic E-state index is 12.0. The molecule has 0 aliphatic carbocycles. The van der Waals surface area contributed by atoms with Crippen LogP contribution in [0.1, 0.15) is 22.8 Å². The van der Waals surface area contributed by atoms with Crippen LogP contribution in [0.25, 0.3) is 0 Å². The molecule has 0 spiro atoms. The fourth-order valence-corrected chi connectivity index (χ4v) is 2.10. The van der Waals surface area contributed by atoms with Gasteiger partial charge in [-0.05, 0) is 25.1 Å². The van der Waals surface area contributed by atoms with Crippen molar-refractivity contribution in [2.45, 2.75) is 20.0 Å². The van der Waals surface area contributed by atoms with E-state index in [4.69, 9.17) is 11.6 Å². The molecule has 21 heavy (non-hydrogen) atoms. The smallest absolute Gasteiger partial charge is 0.253 e. The van der Waals surface area contributed by atoms with Crippen LogP contribution in [0.3, 0.4) is 0 Å². The van der Waals surface area contributed by atoms with Crippen LogP contribution in [0.5, 0.6) is 0 Å². The number of carbonyl (C=O) groups is 1. The summed E-state index contributed by atoms with van der Waals surface area (Å²) in [5.74, 6) is -0.0477. The minimum absolute atomic E-state index is 0.0477.